The average Bonchev–Trinajstić information content (AvgIpc) is 2.81. The van der Waals surface area contributed by atoms with Crippen LogP contribution in [0.25, 0.3) is 0 Å². The lowest BCUT2D eigenvalue weighted by molar-refractivity contribution is 0.400. The zero-order chi connectivity index (χ0) is 14.8. The Morgan fingerprint density at radius 3 is 2.65 bits per heavy atom. The van der Waals surface area contributed by atoms with Gasteiger partial charge in [-0.05, 0) is 37.4 Å². The normalized spacial score (nSPS) is 26.6. The number of hydrogen-bond acceptors (Lipinski definition) is 4. The molecule has 1 saturated carbocycles. The lowest BCUT2D eigenvalue weighted by atomic mass is 10.1. The molecule has 0 bridgehead atoms. The topological polar surface area (TPSA) is 55.4 Å². The number of ether oxygens (including phenoxy) is 1. The lowest BCUT2D eigenvalue weighted by Crippen LogP contribution is -2.36. The summed E-state index contributed by atoms with van der Waals surface area (Å²) in [7, 11) is -1.84. The molecule has 1 aromatic rings. The predicted molar refractivity (Wildman–Crippen MR) is 79.8 cm³/mol. The molecule has 4 nitrogen and oxygen atoms in total. The maximum Gasteiger partial charge on any atom is 0.185 e. The first-order chi connectivity index (χ1) is 9.52. The molecular formula is C15H23NO3S. The van der Waals surface area contributed by atoms with Gasteiger partial charge in [-0.25, -0.2) is 8.42 Å². The second kappa shape index (κ2) is 6.14. The summed E-state index contributed by atoms with van der Waals surface area (Å²) in [6.45, 7) is 4.95. The van der Waals surface area contributed by atoms with E-state index in [1.165, 1.54) is 7.11 Å². The number of hydrogen-bond donors (Lipinski definition) is 1. The maximum atomic E-state index is 12.9. The minimum Gasteiger partial charge on any atom is -0.495 e. The van der Waals surface area contributed by atoms with E-state index < -0.39 is 9.84 Å². The Labute approximate surface area is 121 Å². The van der Waals surface area contributed by atoms with Crippen molar-refractivity contribution in [1.29, 1.82) is 0 Å². The smallest absolute Gasteiger partial charge is 0.185 e. The third-order valence-corrected chi connectivity index (χ3v) is 6.64. The molecule has 20 heavy (non-hydrogen) atoms. The van der Waals surface area contributed by atoms with E-state index in [0.29, 0.717) is 17.1 Å². The lowest BCUT2D eigenvalue weighted by Gasteiger charge is -2.22. The Bertz CT molecular complexity index is 556. The summed E-state index contributed by atoms with van der Waals surface area (Å²) in [6, 6.07) is 7.17. The molecule has 2 rings (SSSR count). The summed E-state index contributed by atoms with van der Waals surface area (Å²) in [5.41, 5.74) is 0. The largest absolute Gasteiger partial charge is 0.495 e. The van der Waals surface area contributed by atoms with Gasteiger partial charge < -0.3 is 10.1 Å². The van der Waals surface area contributed by atoms with Crippen LogP contribution in [0.4, 0.5) is 0 Å². The van der Waals surface area contributed by atoms with Crippen LogP contribution in [0.15, 0.2) is 29.2 Å². The fraction of sp³-hybridized carbons (Fsp3) is 0.600. The molecule has 0 amide bonds. The van der Waals surface area contributed by atoms with Crippen molar-refractivity contribution in [2.75, 3.05) is 13.7 Å². The molecule has 1 fully saturated rings. The Balaban J connectivity index is 2.32. The Morgan fingerprint density at radius 2 is 2.00 bits per heavy atom. The number of nitrogens with one attached hydrogen (secondary N) is 1. The summed E-state index contributed by atoms with van der Waals surface area (Å²) >= 11 is 0. The molecule has 0 saturated heterocycles. The van der Waals surface area contributed by atoms with Crippen LogP contribution >= 0.6 is 0 Å². The number of para-hydroxylation sites is 1. The molecule has 0 heterocycles. The van der Waals surface area contributed by atoms with E-state index in [2.05, 4.69) is 12.2 Å². The number of methoxy groups -OCH3 is 1. The first-order valence-corrected chi connectivity index (χ1v) is 8.67. The fourth-order valence-corrected chi connectivity index (χ4v) is 5.36. The first-order valence-electron chi connectivity index (χ1n) is 7.12. The van der Waals surface area contributed by atoms with E-state index in [0.717, 1.165) is 13.0 Å². The zero-order valence-corrected chi connectivity index (χ0v) is 13.1. The minimum absolute atomic E-state index is 0.116. The molecule has 0 spiro atoms. The third-order valence-electron chi connectivity index (χ3n) is 4.22. The quantitative estimate of drug-likeness (QED) is 0.905. The highest BCUT2D eigenvalue weighted by atomic mass is 32.2. The van der Waals surface area contributed by atoms with E-state index in [-0.39, 0.29) is 17.2 Å². The van der Waals surface area contributed by atoms with Crippen LogP contribution in [-0.2, 0) is 9.84 Å². The van der Waals surface area contributed by atoms with Gasteiger partial charge in [0, 0.05) is 6.04 Å². The zero-order valence-electron chi connectivity index (χ0n) is 12.3. The summed E-state index contributed by atoms with van der Waals surface area (Å²) in [6.07, 6.45) is 1.62. The van der Waals surface area contributed by atoms with Crippen LogP contribution < -0.4 is 10.1 Å². The van der Waals surface area contributed by atoms with E-state index in [1.54, 1.807) is 24.3 Å². The molecule has 1 N–H and O–H groups in total. The highest BCUT2D eigenvalue weighted by molar-refractivity contribution is 7.92. The second-order valence-corrected chi connectivity index (χ2v) is 7.47. The molecule has 5 heteroatoms. The van der Waals surface area contributed by atoms with Crippen molar-refractivity contribution < 1.29 is 13.2 Å². The number of sulfone groups is 1. The Hall–Kier alpha value is -1.07. The monoisotopic (exact) mass is 297 g/mol. The fourth-order valence-electron chi connectivity index (χ4n) is 3.13. The van der Waals surface area contributed by atoms with Crippen molar-refractivity contribution in [1.82, 2.24) is 5.32 Å². The van der Waals surface area contributed by atoms with Crippen molar-refractivity contribution >= 4 is 9.84 Å². The highest BCUT2D eigenvalue weighted by Crippen LogP contribution is 2.37. The van der Waals surface area contributed by atoms with Gasteiger partial charge in [-0.1, -0.05) is 26.0 Å². The van der Waals surface area contributed by atoms with Gasteiger partial charge in [0.25, 0.3) is 0 Å². The van der Waals surface area contributed by atoms with Gasteiger partial charge in [-0.15, -0.1) is 0 Å². The molecule has 0 radical (unpaired) electrons. The van der Waals surface area contributed by atoms with Crippen LogP contribution in [0.3, 0.4) is 0 Å². The van der Waals surface area contributed by atoms with Crippen molar-refractivity contribution in [3.63, 3.8) is 0 Å². The average molecular weight is 297 g/mol. The molecule has 0 aliphatic heterocycles. The highest BCUT2D eigenvalue weighted by Gasteiger charge is 2.42. The first kappa shape index (κ1) is 15.3. The van der Waals surface area contributed by atoms with E-state index in [4.69, 9.17) is 4.74 Å². The van der Waals surface area contributed by atoms with Gasteiger partial charge in [-0.3, -0.25) is 0 Å². The van der Waals surface area contributed by atoms with Crippen LogP contribution in [-0.4, -0.2) is 33.4 Å². The van der Waals surface area contributed by atoms with Gasteiger partial charge in [0.15, 0.2) is 9.84 Å². The van der Waals surface area contributed by atoms with Gasteiger partial charge in [0.2, 0.25) is 0 Å². The van der Waals surface area contributed by atoms with E-state index >= 15 is 0 Å². The predicted octanol–water partition coefficient (Wildman–Crippen LogP) is 2.25. The van der Waals surface area contributed by atoms with Crippen molar-refractivity contribution in [2.24, 2.45) is 5.92 Å². The molecule has 0 aromatic heterocycles. The third kappa shape index (κ3) is 2.69. The maximum absolute atomic E-state index is 12.9. The van der Waals surface area contributed by atoms with Crippen LogP contribution in [0, 0.1) is 5.92 Å². The molecular weight excluding hydrogens is 274 g/mol. The SMILES string of the molecule is CCNC1CCC(S(=O)(=O)c2ccccc2OC)C1C. The molecule has 3 atom stereocenters. The Morgan fingerprint density at radius 1 is 1.30 bits per heavy atom. The summed E-state index contributed by atoms with van der Waals surface area (Å²) in [4.78, 5) is 0.316. The van der Waals surface area contributed by atoms with Crippen LogP contribution in [0.5, 0.6) is 5.75 Å². The molecule has 1 aliphatic carbocycles. The van der Waals surface area contributed by atoms with Gasteiger partial charge in [0.1, 0.15) is 10.6 Å². The van der Waals surface area contributed by atoms with Crippen LogP contribution in [0.1, 0.15) is 26.7 Å². The van der Waals surface area contributed by atoms with Gasteiger partial charge in [0.05, 0.1) is 12.4 Å². The molecule has 1 aliphatic rings. The molecule has 1 aromatic carbocycles. The second-order valence-electron chi connectivity index (χ2n) is 5.33. The summed E-state index contributed by atoms with van der Waals surface area (Å²) in [5, 5.41) is 3.05. The molecule has 112 valence electrons. The molecule has 3 unspecified atom stereocenters. The van der Waals surface area contributed by atoms with E-state index in [1.807, 2.05) is 6.92 Å². The van der Waals surface area contributed by atoms with E-state index in [9.17, 15) is 8.42 Å². The van der Waals surface area contributed by atoms with Crippen LogP contribution in [0.2, 0.25) is 0 Å². The van der Waals surface area contributed by atoms with Gasteiger partial charge >= 0.3 is 0 Å². The van der Waals surface area contributed by atoms with Gasteiger partial charge in [-0.2, -0.15) is 0 Å². The standard InChI is InChI=1S/C15H23NO3S/c1-4-16-12-9-10-14(11(12)2)20(17,18)15-8-6-5-7-13(15)19-3/h5-8,11-12,14,16H,4,9-10H2,1-3H3. The summed E-state index contributed by atoms with van der Waals surface area (Å²) in [5.74, 6) is 0.552. The van der Waals surface area contributed by atoms with Crippen molar-refractivity contribution in [3.8, 4) is 5.75 Å². The number of benzene rings is 1. The summed E-state index contributed by atoms with van der Waals surface area (Å²) < 4.78 is 30.9. The Kier molecular flexibility index (Phi) is 4.70. The van der Waals surface area contributed by atoms with Crippen molar-refractivity contribution in [3.05, 3.63) is 24.3 Å². The number of rotatable bonds is 5. The minimum atomic E-state index is -3.35. The van der Waals surface area contributed by atoms with Crippen molar-refractivity contribution in [2.45, 2.75) is 42.9 Å².